The molecule has 104 valence electrons. The van der Waals surface area contributed by atoms with Gasteiger partial charge in [0, 0.05) is 11.0 Å². The van der Waals surface area contributed by atoms with Gasteiger partial charge in [-0.2, -0.15) is 0 Å². The molecule has 1 amide bonds. The number of benzene rings is 1. The highest BCUT2D eigenvalue weighted by molar-refractivity contribution is 9.10. The number of rotatable bonds is 4. The number of carbonyl (C=O) groups excluding carboxylic acids is 1. The molecule has 1 aromatic carbocycles. The molecule has 0 saturated carbocycles. The van der Waals surface area contributed by atoms with Gasteiger partial charge in [-0.1, -0.05) is 35.0 Å². The minimum Gasteiger partial charge on any atom is -0.349 e. The second kappa shape index (κ2) is 6.06. The van der Waals surface area contributed by atoms with Gasteiger partial charge in [-0.15, -0.1) is 0 Å². The molecule has 1 aromatic rings. The third kappa shape index (κ3) is 3.18. The van der Waals surface area contributed by atoms with Crippen molar-refractivity contribution in [1.29, 1.82) is 0 Å². The lowest BCUT2D eigenvalue weighted by molar-refractivity contribution is -0.131. The molecule has 2 atom stereocenters. The SMILES string of the molecule is CCC1(C(=O)NC(C)c2ccc(Br)cc2)CCNC1. The summed E-state index contributed by atoms with van der Waals surface area (Å²) in [5, 5.41) is 6.45. The van der Waals surface area contributed by atoms with Crippen LogP contribution in [0.3, 0.4) is 0 Å². The van der Waals surface area contributed by atoms with Gasteiger partial charge in [-0.3, -0.25) is 4.79 Å². The van der Waals surface area contributed by atoms with Crippen molar-refractivity contribution in [2.75, 3.05) is 13.1 Å². The highest BCUT2D eigenvalue weighted by Gasteiger charge is 2.39. The van der Waals surface area contributed by atoms with Gasteiger partial charge in [0.2, 0.25) is 5.91 Å². The quantitative estimate of drug-likeness (QED) is 0.893. The number of halogens is 1. The van der Waals surface area contributed by atoms with Crippen LogP contribution in [0, 0.1) is 5.41 Å². The Balaban J connectivity index is 2.04. The summed E-state index contributed by atoms with van der Waals surface area (Å²) in [6, 6.07) is 8.14. The molecule has 1 aliphatic rings. The van der Waals surface area contributed by atoms with Crippen LogP contribution >= 0.6 is 15.9 Å². The van der Waals surface area contributed by atoms with Crippen molar-refractivity contribution in [3.8, 4) is 0 Å². The number of hydrogen-bond donors (Lipinski definition) is 2. The fraction of sp³-hybridized carbons (Fsp3) is 0.533. The summed E-state index contributed by atoms with van der Waals surface area (Å²) < 4.78 is 1.06. The number of amides is 1. The van der Waals surface area contributed by atoms with Crippen molar-refractivity contribution in [3.63, 3.8) is 0 Å². The summed E-state index contributed by atoms with van der Waals surface area (Å²) in [5.74, 6) is 0.176. The molecule has 2 N–H and O–H groups in total. The van der Waals surface area contributed by atoms with Crippen molar-refractivity contribution in [3.05, 3.63) is 34.3 Å². The van der Waals surface area contributed by atoms with Crippen molar-refractivity contribution in [1.82, 2.24) is 10.6 Å². The van der Waals surface area contributed by atoms with E-state index < -0.39 is 0 Å². The first kappa shape index (κ1) is 14.5. The average molecular weight is 325 g/mol. The Bertz CT molecular complexity index is 438. The van der Waals surface area contributed by atoms with Crippen molar-refractivity contribution in [2.45, 2.75) is 32.7 Å². The normalized spacial score (nSPS) is 24.2. The third-order valence-corrected chi connectivity index (χ3v) is 4.65. The van der Waals surface area contributed by atoms with Crippen LogP contribution < -0.4 is 10.6 Å². The van der Waals surface area contributed by atoms with Crippen LogP contribution in [-0.2, 0) is 4.79 Å². The van der Waals surface area contributed by atoms with E-state index in [0.717, 1.165) is 36.0 Å². The topological polar surface area (TPSA) is 41.1 Å². The molecule has 0 aliphatic carbocycles. The zero-order chi connectivity index (χ0) is 13.9. The van der Waals surface area contributed by atoms with Gasteiger partial charge in [0.05, 0.1) is 11.5 Å². The largest absolute Gasteiger partial charge is 0.349 e. The Morgan fingerprint density at radius 1 is 1.47 bits per heavy atom. The maximum absolute atomic E-state index is 12.5. The van der Waals surface area contributed by atoms with Crippen LogP contribution in [0.15, 0.2) is 28.7 Å². The number of hydrogen-bond acceptors (Lipinski definition) is 2. The molecule has 1 aliphatic heterocycles. The second-order valence-electron chi connectivity index (χ2n) is 5.31. The zero-order valence-electron chi connectivity index (χ0n) is 11.5. The van der Waals surface area contributed by atoms with Crippen LogP contribution in [0.1, 0.15) is 38.3 Å². The van der Waals surface area contributed by atoms with Gasteiger partial charge in [0.25, 0.3) is 0 Å². The number of nitrogens with one attached hydrogen (secondary N) is 2. The fourth-order valence-electron chi connectivity index (χ4n) is 2.58. The van der Waals surface area contributed by atoms with E-state index >= 15 is 0 Å². The van der Waals surface area contributed by atoms with E-state index in [0.29, 0.717) is 0 Å². The molecule has 0 spiro atoms. The summed E-state index contributed by atoms with van der Waals surface area (Å²) in [4.78, 5) is 12.5. The Morgan fingerprint density at radius 3 is 2.68 bits per heavy atom. The van der Waals surface area contributed by atoms with E-state index in [1.54, 1.807) is 0 Å². The van der Waals surface area contributed by atoms with E-state index in [-0.39, 0.29) is 17.4 Å². The van der Waals surface area contributed by atoms with Gasteiger partial charge in [0.1, 0.15) is 0 Å². The molecule has 2 rings (SSSR count). The maximum atomic E-state index is 12.5. The van der Waals surface area contributed by atoms with Crippen LogP contribution in [0.2, 0.25) is 0 Å². The van der Waals surface area contributed by atoms with Gasteiger partial charge in [-0.05, 0) is 44.0 Å². The molecular weight excluding hydrogens is 304 g/mol. The lowest BCUT2D eigenvalue weighted by atomic mass is 9.83. The Labute approximate surface area is 123 Å². The predicted molar refractivity (Wildman–Crippen MR) is 80.9 cm³/mol. The monoisotopic (exact) mass is 324 g/mol. The second-order valence-corrected chi connectivity index (χ2v) is 6.22. The minimum atomic E-state index is -0.219. The highest BCUT2D eigenvalue weighted by atomic mass is 79.9. The van der Waals surface area contributed by atoms with Crippen LogP contribution in [-0.4, -0.2) is 19.0 Å². The van der Waals surface area contributed by atoms with Crippen molar-refractivity contribution in [2.24, 2.45) is 5.41 Å². The Kier molecular flexibility index (Phi) is 4.63. The summed E-state index contributed by atoms with van der Waals surface area (Å²) in [5.41, 5.74) is 0.914. The molecular formula is C15H21BrN2O. The van der Waals surface area contributed by atoms with E-state index in [2.05, 4.69) is 33.5 Å². The fourth-order valence-corrected chi connectivity index (χ4v) is 2.85. The molecule has 3 nitrogen and oxygen atoms in total. The Hall–Kier alpha value is -0.870. The minimum absolute atomic E-state index is 0.0459. The standard InChI is InChI=1S/C15H21BrN2O/c1-3-15(8-9-17-10-15)14(19)18-11(2)12-4-6-13(16)7-5-12/h4-7,11,17H,3,8-10H2,1-2H3,(H,18,19). The molecule has 1 heterocycles. The first-order valence-corrected chi connectivity index (χ1v) is 7.64. The van der Waals surface area contributed by atoms with Crippen molar-refractivity contribution < 1.29 is 4.79 Å². The summed E-state index contributed by atoms with van der Waals surface area (Å²) >= 11 is 3.42. The van der Waals surface area contributed by atoms with Crippen LogP contribution in [0.25, 0.3) is 0 Å². The highest BCUT2D eigenvalue weighted by Crippen LogP contribution is 2.30. The third-order valence-electron chi connectivity index (χ3n) is 4.12. The lowest BCUT2D eigenvalue weighted by Gasteiger charge is -2.27. The first-order valence-electron chi connectivity index (χ1n) is 6.84. The molecule has 1 fully saturated rings. The summed E-state index contributed by atoms with van der Waals surface area (Å²) in [6.45, 7) is 5.86. The van der Waals surface area contributed by atoms with E-state index in [1.165, 1.54) is 0 Å². The predicted octanol–water partition coefficient (Wildman–Crippen LogP) is 3.02. The van der Waals surface area contributed by atoms with E-state index in [4.69, 9.17) is 0 Å². The summed E-state index contributed by atoms with van der Waals surface area (Å²) in [6.07, 6.45) is 1.82. The number of carbonyl (C=O) groups is 1. The van der Waals surface area contributed by atoms with Crippen LogP contribution in [0.4, 0.5) is 0 Å². The van der Waals surface area contributed by atoms with Gasteiger partial charge in [-0.25, -0.2) is 0 Å². The van der Waals surface area contributed by atoms with Gasteiger partial charge in [0.15, 0.2) is 0 Å². The van der Waals surface area contributed by atoms with Gasteiger partial charge >= 0.3 is 0 Å². The first-order chi connectivity index (χ1) is 9.07. The summed E-state index contributed by atoms with van der Waals surface area (Å²) in [7, 11) is 0. The molecule has 0 radical (unpaired) electrons. The molecule has 2 unspecified atom stereocenters. The molecule has 19 heavy (non-hydrogen) atoms. The lowest BCUT2D eigenvalue weighted by Crippen LogP contribution is -2.43. The van der Waals surface area contributed by atoms with Crippen LogP contribution in [0.5, 0.6) is 0 Å². The molecule has 1 saturated heterocycles. The zero-order valence-corrected chi connectivity index (χ0v) is 13.1. The molecule has 0 bridgehead atoms. The maximum Gasteiger partial charge on any atom is 0.228 e. The molecule has 0 aromatic heterocycles. The average Bonchev–Trinajstić information content (AvgIpc) is 2.89. The smallest absolute Gasteiger partial charge is 0.228 e. The Morgan fingerprint density at radius 2 is 2.16 bits per heavy atom. The van der Waals surface area contributed by atoms with E-state index in [9.17, 15) is 4.79 Å². The van der Waals surface area contributed by atoms with Gasteiger partial charge < -0.3 is 10.6 Å². The van der Waals surface area contributed by atoms with E-state index in [1.807, 2.05) is 31.2 Å². The molecule has 4 heteroatoms. The van der Waals surface area contributed by atoms with Crippen molar-refractivity contribution >= 4 is 21.8 Å².